The number of amides is 3. The van der Waals surface area contributed by atoms with E-state index in [2.05, 4.69) is 0 Å². The first-order valence-electron chi connectivity index (χ1n) is 12.4. The fraction of sp³-hybridized carbons (Fsp3) is 0.276. The van der Waals surface area contributed by atoms with Crippen molar-refractivity contribution in [1.29, 1.82) is 0 Å². The first-order chi connectivity index (χ1) is 17.9. The third-order valence-corrected chi connectivity index (χ3v) is 7.41. The van der Waals surface area contributed by atoms with Gasteiger partial charge < -0.3 is 10.0 Å². The maximum absolute atomic E-state index is 14.8. The first-order valence-corrected chi connectivity index (χ1v) is 12.4. The molecule has 2 aliphatic heterocycles. The second-order valence-corrected chi connectivity index (χ2v) is 9.58. The number of urea groups is 1. The van der Waals surface area contributed by atoms with E-state index in [1.165, 1.54) is 23.1 Å². The Morgan fingerprint density at radius 2 is 1.51 bits per heavy atom. The van der Waals surface area contributed by atoms with Crippen molar-refractivity contribution in [3.8, 4) is 0 Å². The zero-order valence-electron chi connectivity index (χ0n) is 20.3. The molecule has 0 atom stereocenters. The van der Waals surface area contributed by atoms with Gasteiger partial charge in [0.1, 0.15) is 5.82 Å². The van der Waals surface area contributed by atoms with E-state index in [9.17, 15) is 23.9 Å². The molecule has 3 aromatic carbocycles. The van der Waals surface area contributed by atoms with Gasteiger partial charge in [0.25, 0.3) is 0 Å². The lowest BCUT2D eigenvalue weighted by atomic mass is 9.75. The van der Waals surface area contributed by atoms with Gasteiger partial charge in [0.05, 0.1) is 11.1 Å². The molecule has 7 nitrogen and oxygen atoms in total. The second kappa shape index (κ2) is 10.0. The summed E-state index contributed by atoms with van der Waals surface area (Å²) >= 11 is 0. The fourth-order valence-corrected chi connectivity index (χ4v) is 5.30. The minimum Gasteiger partial charge on any atom is -0.481 e. The highest BCUT2D eigenvalue weighted by Crippen LogP contribution is 2.39. The summed E-state index contributed by atoms with van der Waals surface area (Å²) in [5.74, 6) is -2.16. The molecule has 0 aromatic heterocycles. The smallest absolute Gasteiger partial charge is 0.324 e. The minimum absolute atomic E-state index is 0.0690. The van der Waals surface area contributed by atoms with Crippen molar-refractivity contribution < 1.29 is 23.9 Å². The average molecular weight is 502 g/mol. The van der Waals surface area contributed by atoms with E-state index in [1.54, 1.807) is 46.2 Å². The zero-order chi connectivity index (χ0) is 26.0. The number of carboxylic acids is 1. The molecule has 1 N–H and O–H groups in total. The lowest BCUT2D eigenvalue weighted by molar-refractivity contribution is -0.154. The summed E-state index contributed by atoms with van der Waals surface area (Å²) in [5.41, 5.74) is 1.18. The third-order valence-electron chi connectivity index (χ3n) is 7.41. The quantitative estimate of drug-likeness (QED) is 0.519. The molecule has 1 saturated heterocycles. The SMILES string of the molecule is O=C(N1CCC(CC(=O)N(c2ccccc2)c2ccccc2F)(C(=O)O)CC1)N1CCc2ccccc21. The average Bonchev–Trinajstić information content (AvgIpc) is 3.35. The summed E-state index contributed by atoms with van der Waals surface area (Å²) < 4.78 is 14.8. The molecular weight excluding hydrogens is 473 g/mol. The fourth-order valence-electron chi connectivity index (χ4n) is 5.30. The topological polar surface area (TPSA) is 81.2 Å². The van der Waals surface area contributed by atoms with Crippen LogP contribution in [-0.2, 0) is 16.0 Å². The number of anilines is 3. The largest absolute Gasteiger partial charge is 0.481 e. The minimum atomic E-state index is -1.35. The van der Waals surface area contributed by atoms with Crippen molar-refractivity contribution in [1.82, 2.24) is 4.90 Å². The highest BCUT2D eigenvalue weighted by Gasteiger charge is 2.46. The van der Waals surface area contributed by atoms with Crippen LogP contribution in [0.2, 0.25) is 0 Å². The van der Waals surface area contributed by atoms with Gasteiger partial charge >= 0.3 is 12.0 Å². The number of benzene rings is 3. The number of fused-ring (bicyclic) bond motifs is 1. The van der Waals surface area contributed by atoms with Crippen LogP contribution in [0.15, 0.2) is 78.9 Å². The van der Waals surface area contributed by atoms with Gasteiger partial charge in [-0.1, -0.05) is 48.5 Å². The Labute approximate surface area is 214 Å². The van der Waals surface area contributed by atoms with Crippen molar-refractivity contribution in [2.24, 2.45) is 5.41 Å². The Kier molecular flexibility index (Phi) is 6.65. The first kappa shape index (κ1) is 24.5. The van der Waals surface area contributed by atoms with Gasteiger partial charge in [0.2, 0.25) is 5.91 Å². The number of para-hydroxylation sites is 3. The Morgan fingerprint density at radius 1 is 0.865 bits per heavy atom. The van der Waals surface area contributed by atoms with Crippen LogP contribution in [0, 0.1) is 11.2 Å². The molecule has 190 valence electrons. The number of likely N-dealkylation sites (tertiary alicyclic amines) is 1. The maximum Gasteiger partial charge on any atom is 0.324 e. The maximum atomic E-state index is 14.8. The predicted octanol–water partition coefficient (Wildman–Crippen LogP) is 5.23. The van der Waals surface area contributed by atoms with Gasteiger partial charge in [-0.2, -0.15) is 0 Å². The standard InChI is InChI=1S/C29H28FN3O4/c30-23-11-5-7-13-25(23)33(22-9-2-1-3-10-22)26(34)20-29(27(35)36)15-18-31(19-16-29)28(37)32-17-14-21-8-4-6-12-24(21)32/h1-13H,14-20H2,(H,35,36). The number of nitrogens with zero attached hydrogens (tertiary/aromatic N) is 3. The number of carbonyl (C=O) groups excluding carboxylic acids is 2. The predicted molar refractivity (Wildman–Crippen MR) is 138 cm³/mol. The molecule has 0 spiro atoms. The molecule has 0 bridgehead atoms. The zero-order valence-corrected chi connectivity index (χ0v) is 20.3. The molecular formula is C29H28FN3O4. The van der Waals surface area contributed by atoms with Crippen LogP contribution in [0.1, 0.15) is 24.8 Å². The molecule has 3 aromatic rings. The van der Waals surface area contributed by atoms with E-state index in [1.807, 2.05) is 24.3 Å². The van der Waals surface area contributed by atoms with Gasteiger partial charge in [0.15, 0.2) is 0 Å². The number of aliphatic carboxylic acids is 1. The molecule has 2 heterocycles. The number of carboxylic acid groups (broad SMARTS) is 1. The van der Waals surface area contributed by atoms with Gasteiger partial charge in [-0.25, -0.2) is 9.18 Å². The summed E-state index contributed by atoms with van der Waals surface area (Å²) in [6.07, 6.45) is 0.749. The van der Waals surface area contributed by atoms with Crippen molar-refractivity contribution in [2.45, 2.75) is 25.7 Å². The lowest BCUT2D eigenvalue weighted by Crippen LogP contribution is -2.51. The van der Waals surface area contributed by atoms with Crippen molar-refractivity contribution in [2.75, 3.05) is 29.4 Å². The highest BCUT2D eigenvalue weighted by atomic mass is 19.1. The van der Waals surface area contributed by atoms with Gasteiger partial charge in [-0.05, 0) is 55.2 Å². The van der Waals surface area contributed by atoms with E-state index >= 15 is 0 Å². The van der Waals surface area contributed by atoms with Crippen LogP contribution >= 0.6 is 0 Å². The molecule has 3 amide bonds. The van der Waals surface area contributed by atoms with E-state index in [-0.39, 0.29) is 44.1 Å². The lowest BCUT2D eigenvalue weighted by Gasteiger charge is -2.40. The molecule has 1 fully saturated rings. The van der Waals surface area contributed by atoms with E-state index in [0.717, 1.165) is 17.7 Å². The van der Waals surface area contributed by atoms with Crippen LogP contribution in [-0.4, -0.2) is 47.5 Å². The van der Waals surface area contributed by atoms with Crippen LogP contribution in [0.5, 0.6) is 0 Å². The second-order valence-electron chi connectivity index (χ2n) is 9.58. The third kappa shape index (κ3) is 4.67. The summed E-state index contributed by atoms with van der Waals surface area (Å²) in [6.45, 7) is 1.04. The number of hydrogen-bond donors (Lipinski definition) is 1. The monoisotopic (exact) mass is 501 g/mol. The number of piperidine rings is 1. The van der Waals surface area contributed by atoms with E-state index < -0.39 is 23.1 Å². The highest BCUT2D eigenvalue weighted by molar-refractivity contribution is 6.02. The summed E-state index contributed by atoms with van der Waals surface area (Å²) in [7, 11) is 0. The number of carbonyl (C=O) groups is 3. The van der Waals surface area contributed by atoms with Crippen molar-refractivity contribution >= 4 is 35.0 Å². The molecule has 37 heavy (non-hydrogen) atoms. The summed E-state index contributed by atoms with van der Waals surface area (Å²) in [5, 5.41) is 10.2. The molecule has 0 unspecified atom stereocenters. The molecule has 0 radical (unpaired) electrons. The number of hydrogen-bond acceptors (Lipinski definition) is 3. The molecule has 8 heteroatoms. The summed E-state index contributed by atoms with van der Waals surface area (Å²) in [4.78, 5) is 44.1. The van der Waals surface area contributed by atoms with Gasteiger partial charge in [-0.3, -0.25) is 19.4 Å². The van der Waals surface area contributed by atoms with Gasteiger partial charge in [-0.15, -0.1) is 0 Å². The Hall–Kier alpha value is -4.20. The van der Waals surface area contributed by atoms with Crippen LogP contribution < -0.4 is 9.80 Å². The Morgan fingerprint density at radius 3 is 2.22 bits per heavy atom. The summed E-state index contributed by atoms with van der Waals surface area (Å²) in [6, 6.07) is 22.2. The van der Waals surface area contributed by atoms with Crippen molar-refractivity contribution in [3.63, 3.8) is 0 Å². The molecule has 0 aliphatic carbocycles. The Bertz CT molecular complexity index is 1320. The van der Waals surface area contributed by atoms with Crippen LogP contribution in [0.3, 0.4) is 0 Å². The normalized spacial score (nSPS) is 16.2. The van der Waals surface area contributed by atoms with E-state index in [4.69, 9.17) is 0 Å². The number of rotatable bonds is 5. The molecule has 5 rings (SSSR count). The molecule has 2 aliphatic rings. The Balaban J connectivity index is 1.35. The van der Waals surface area contributed by atoms with Crippen LogP contribution in [0.4, 0.5) is 26.2 Å². The molecule has 0 saturated carbocycles. The number of halogens is 1. The van der Waals surface area contributed by atoms with Gasteiger partial charge in [0, 0.05) is 37.4 Å². The van der Waals surface area contributed by atoms with Crippen molar-refractivity contribution in [3.05, 3.63) is 90.2 Å². The van der Waals surface area contributed by atoms with E-state index in [0.29, 0.717) is 12.2 Å². The van der Waals surface area contributed by atoms with Crippen LogP contribution in [0.25, 0.3) is 0 Å².